The van der Waals surface area contributed by atoms with Crippen LogP contribution in [-0.2, 0) is 4.74 Å². The number of benzene rings is 1. The van der Waals surface area contributed by atoms with Gasteiger partial charge in [-0.3, -0.25) is 0 Å². The molecular weight excluding hydrogens is 322 g/mol. The van der Waals surface area contributed by atoms with Crippen molar-refractivity contribution in [2.75, 3.05) is 45.3 Å². The molecule has 1 saturated heterocycles. The third-order valence-electron chi connectivity index (χ3n) is 3.65. The highest BCUT2D eigenvalue weighted by molar-refractivity contribution is 5.97. The summed E-state index contributed by atoms with van der Waals surface area (Å²) in [6, 6.07) is 5.58. The molecular formula is C18H27N3O4. The number of hydrogen-bond donors (Lipinski definition) is 3. The van der Waals surface area contributed by atoms with Crippen LogP contribution in [0.1, 0.15) is 24.3 Å². The van der Waals surface area contributed by atoms with Crippen LogP contribution in [0.3, 0.4) is 0 Å². The first-order chi connectivity index (χ1) is 12.0. The second kappa shape index (κ2) is 8.73. The average Bonchev–Trinajstić information content (AvgIpc) is 3.01. The lowest BCUT2D eigenvalue weighted by Crippen LogP contribution is -2.36. The molecule has 0 radical (unpaired) electrons. The molecule has 0 bridgehead atoms. The Balaban J connectivity index is 0.000000701. The lowest BCUT2D eigenvalue weighted by Gasteiger charge is -2.29. The van der Waals surface area contributed by atoms with Crippen LogP contribution in [0.2, 0.25) is 0 Å². The number of aromatic nitrogens is 1. The number of aromatic amines is 1. The molecule has 2 aromatic rings. The first kappa shape index (κ1) is 19.1. The van der Waals surface area contributed by atoms with Gasteiger partial charge in [-0.15, -0.1) is 0 Å². The number of anilines is 1. The molecule has 0 spiro atoms. The topological polar surface area (TPSA) is 86.8 Å². The number of carbonyl (C=O) groups is 1. The molecule has 1 aliphatic rings. The predicted molar refractivity (Wildman–Crippen MR) is 99.0 cm³/mol. The number of nitrogens with zero attached hydrogens (tertiary/aromatic N) is 1. The summed E-state index contributed by atoms with van der Waals surface area (Å²) in [6.07, 6.45) is 0.0197. The monoisotopic (exact) mass is 349 g/mol. The van der Waals surface area contributed by atoms with E-state index in [2.05, 4.69) is 15.2 Å². The maximum atomic E-state index is 11.2. The maximum Gasteiger partial charge on any atom is 0.352 e. The number of carboxylic acids is 1. The van der Waals surface area contributed by atoms with Crippen molar-refractivity contribution in [1.82, 2.24) is 10.3 Å². The van der Waals surface area contributed by atoms with Crippen molar-refractivity contribution in [2.45, 2.75) is 20.0 Å². The van der Waals surface area contributed by atoms with E-state index >= 15 is 0 Å². The second-order valence-electron chi connectivity index (χ2n) is 6.16. The smallest absolute Gasteiger partial charge is 0.352 e. The van der Waals surface area contributed by atoms with Crippen molar-refractivity contribution in [3.05, 3.63) is 23.9 Å². The lowest BCUT2D eigenvalue weighted by molar-refractivity contribution is 0.0691. The van der Waals surface area contributed by atoms with E-state index in [4.69, 9.17) is 9.47 Å². The largest absolute Gasteiger partial charge is 0.490 e. The van der Waals surface area contributed by atoms with Crippen molar-refractivity contribution in [3.8, 4) is 5.75 Å². The molecule has 1 aromatic carbocycles. The van der Waals surface area contributed by atoms with Crippen LogP contribution in [0.15, 0.2) is 18.2 Å². The van der Waals surface area contributed by atoms with Crippen LogP contribution in [-0.4, -0.2) is 62.6 Å². The van der Waals surface area contributed by atoms with Gasteiger partial charge in [-0.25, -0.2) is 4.79 Å². The van der Waals surface area contributed by atoms with Crippen LogP contribution < -0.4 is 15.0 Å². The van der Waals surface area contributed by atoms with Gasteiger partial charge in [0.2, 0.25) is 0 Å². The molecule has 1 aliphatic heterocycles. The highest BCUT2D eigenvalue weighted by Gasteiger charge is 2.17. The molecule has 0 atom stereocenters. The number of fused-ring (bicyclic) bond motifs is 1. The fourth-order valence-electron chi connectivity index (χ4n) is 2.66. The molecule has 3 N–H and O–H groups in total. The molecule has 138 valence electrons. The van der Waals surface area contributed by atoms with Crippen molar-refractivity contribution in [3.63, 3.8) is 0 Å². The number of carboxylic acid groups (broad SMARTS) is 1. The van der Waals surface area contributed by atoms with E-state index in [-0.39, 0.29) is 11.8 Å². The fourth-order valence-corrected chi connectivity index (χ4v) is 2.66. The van der Waals surface area contributed by atoms with Gasteiger partial charge in [-0.2, -0.15) is 0 Å². The summed E-state index contributed by atoms with van der Waals surface area (Å²) >= 11 is 0. The molecule has 1 fully saturated rings. The van der Waals surface area contributed by atoms with Crippen molar-refractivity contribution in [1.29, 1.82) is 0 Å². The molecule has 7 heteroatoms. The Morgan fingerprint density at radius 2 is 1.92 bits per heavy atom. The van der Waals surface area contributed by atoms with Gasteiger partial charge in [0.05, 0.1) is 24.8 Å². The number of aromatic carboxylic acids is 1. The first-order valence-electron chi connectivity index (χ1n) is 8.44. The summed E-state index contributed by atoms with van der Waals surface area (Å²) in [5.74, 6) is -0.266. The molecule has 0 saturated carbocycles. The minimum absolute atomic E-state index is 0.0197. The van der Waals surface area contributed by atoms with Crippen LogP contribution >= 0.6 is 0 Å². The third-order valence-corrected chi connectivity index (χ3v) is 3.65. The Labute approximate surface area is 147 Å². The predicted octanol–water partition coefficient (Wildman–Crippen LogP) is 2.33. The van der Waals surface area contributed by atoms with Gasteiger partial charge in [0, 0.05) is 30.2 Å². The zero-order valence-corrected chi connectivity index (χ0v) is 15.3. The molecule has 1 aromatic heterocycles. The second-order valence-corrected chi connectivity index (χ2v) is 6.16. The Morgan fingerprint density at radius 1 is 1.28 bits per heavy atom. The molecule has 3 rings (SSSR count). The maximum absolute atomic E-state index is 11.2. The van der Waals surface area contributed by atoms with Gasteiger partial charge >= 0.3 is 5.97 Å². The summed E-state index contributed by atoms with van der Waals surface area (Å²) in [5.41, 5.74) is 1.96. The molecule has 7 nitrogen and oxygen atoms in total. The molecule has 2 heterocycles. The van der Waals surface area contributed by atoms with Crippen LogP contribution in [0.5, 0.6) is 5.75 Å². The van der Waals surface area contributed by atoms with E-state index in [1.807, 2.05) is 40.1 Å². The number of hydrogen-bond acceptors (Lipinski definition) is 5. The molecule has 0 amide bonds. The standard InChI is InChI=1S/C16H20N2O4.C2H7N/c1-10(2)22-15-8-11(18-3-5-21-6-4-18)7-13-12(15)9-14(17-13)16(19)20;1-3-2/h7-10,17H,3-6H2,1-2H3,(H,19,20);3H,1-2H3. The number of rotatable bonds is 4. The van der Waals surface area contributed by atoms with Gasteiger partial charge in [0.25, 0.3) is 0 Å². The first-order valence-corrected chi connectivity index (χ1v) is 8.44. The Morgan fingerprint density at radius 3 is 2.48 bits per heavy atom. The Bertz CT molecular complexity index is 706. The summed E-state index contributed by atoms with van der Waals surface area (Å²) in [6.45, 7) is 6.95. The highest BCUT2D eigenvalue weighted by Crippen LogP contribution is 2.33. The summed E-state index contributed by atoms with van der Waals surface area (Å²) in [7, 11) is 3.75. The van der Waals surface area contributed by atoms with Crippen molar-refractivity contribution >= 4 is 22.6 Å². The Hall–Kier alpha value is -2.25. The Kier molecular flexibility index (Phi) is 6.66. The number of H-pyrrole nitrogens is 1. The highest BCUT2D eigenvalue weighted by atomic mass is 16.5. The normalized spacial score (nSPS) is 14.4. The summed E-state index contributed by atoms with van der Waals surface area (Å²) in [5, 5.41) is 12.7. The van der Waals surface area contributed by atoms with Gasteiger partial charge < -0.3 is 29.8 Å². The van der Waals surface area contributed by atoms with Gasteiger partial charge in [-0.1, -0.05) is 0 Å². The third kappa shape index (κ3) is 4.87. The molecule has 25 heavy (non-hydrogen) atoms. The lowest BCUT2D eigenvalue weighted by atomic mass is 10.2. The van der Waals surface area contributed by atoms with Crippen molar-refractivity contribution in [2.24, 2.45) is 0 Å². The number of nitrogens with one attached hydrogen (secondary N) is 2. The van der Waals surface area contributed by atoms with E-state index < -0.39 is 5.97 Å². The fraction of sp³-hybridized carbons (Fsp3) is 0.500. The quantitative estimate of drug-likeness (QED) is 0.785. The van der Waals surface area contributed by atoms with E-state index in [0.29, 0.717) is 19.0 Å². The van der Waals surface area contributed by atoms with Gasteiger partial charge in [-0.05, 0) is 40.1 Å². The molecule has 0 aliphatic carbocycles. The van der Waals surface area contributed by atoms with E-state index in [9.17, 15) is 9.90 Å². The average molecular weight is 349 g/mol. The van der Waals surface area contributed by atoms with Crippen LogP contribution in [0.25, 0.3) is 10.9 Å². The van der Waals surface area contributed by atoms with E-state index in [1.165, 1.54) is 0 Å². The van der Waals surface area contributed by atoms with Crippen LogP contribution in [0.4, 0.5) is 5.69 Å². The van der Waals surface area contributed by atoms with Gasteiger partial charge in [0.1, 0.15) is 11.4 Å². The minimum Gasteiger partial charge on any atom is -0.490 e. The zero-order valence-electron chi connectivity index (χ0n) is 15.3. The number of morpholine rings is 1. The van der Waals surface area contributed by atoms with E-state index in [1.54, 1.807) is 6.07 Å². The zero-order chi connectivity index (χ0) is 18.4. The van der Waals surface area contributed by atoms with Crippen molar-refractivity contribution < 1.29 is 19.4 Å². The molecule has 0 unspecified atom stereocenters. The summed E-state index contributed by atoms with van der Waals surface area (Å²) < 4.78 is 11.3. The summed E-state index contributed by atoms with van der Waals surface area (Å²) in [4.78, 5) is 16.4. The van der Waals surface area contributed by atoms with Crippen LogP contribution in [0, 0.1) is 0 Å². The van der Waals surface area contributed by atoms with Gasteiger partial charge in [0.15, 0.2) is 0 Å². The van der Waals surface area contributed by atoms with E-state index in [0.717, 1.165) is 29.7 Å². The number of ether oxygens (including phenoxy) is 2. The minimum atomic E-state index is -0.973. The SMILES string of the molecule is CC(C)Oc1cc(N2CCOCC2)cc2[nH]c(C(=O)O)cc12.CNC.